The molecule has 7 nitrogen and oxygen atoms in total. The maximum atomic E-state index is 12.5. The van der Waals surface area contributed by atoms with E-state index < -0.39 is 5.97 Å². The first-order valence-electron chi connectivity index (χ1n) is 8.86. The van der Waals surface area contributed by atoms with Crippen LogP contribution in [0.5, 0.6) is 11.5 Å². The van der Waals surface area contributed by atoms with E-state index in [0.29, 0.717) is 12.2 Å². The standard InChI is InChI=1S/C20H25N3O4/c1-3-23(4-2)12-11-22-19(25)16-10-9-14(21)13-18(16)27-20(26)15-7-5-6-8-17(15)24/h5-10,13,24H,3-4,11-12,21H2,1-2H3,(H,22,25). The highest BCUT2D eigenvalue weighted by Gasteiger charge is 2.18. The maximum Gasteiger partial charge on any atom is 0.347 e. The number of carbonyl (C=O) groups is 2. The molecule has 1 amide bonds. The molecular weight excluding hydrogens is 346 g/mol. The van der Waals surface area contributed by atoms with E-state index in [1.807, 2.05) is 0 Å². The van der Waals surface area contributed by atoms with Gasteiger partial charge in [0, 0.05) is 24.8 Å². The van der Waals surface area contributed by atoms with Crippen LogP contribution in [0.1, 0.15) is 34.6 Å². The fraction of sp³-hybridized carbons (Fsp3) is 0.300. The quantitative estimate of drug-likeness (QED) is 0.373. The second-order valence-corrected chi connectivity index (χ2v) is 5.95. The molecule has 0 aliphatic rings. The average Bonchev–Trinajstić information content (AvgIpc) is 2.65. The minimum Gasteiger partial charge on any atom is -0.507 e. The zero-order valence-corrected chi connectivity index (χ0v) is 15.6. The molecule has 0 spiro atoms. The van der Waals surface area contributed by atoms with E-state index in [4.69, 9.17) is 10.5 Å². The molecule has 0 aliphatic carbocycles. The van der Waals surface area contributed by atoms with Gasteiger partial charge in [-0.1, -0.05) is 26.0 Å². The summed E-state index contributed by atoms with van der Waals surface area (Å²) in [6.07, 6.45) is 0. The number of anilines is 1. The molecule has 27 heavy (non-hydrogen) atoms. The lowest BCUT2D eigenvalue weighted by Gasteiger charge is -2.18. The second-order valence-electron chi connectivity index (χ2n) is 5.95. The van der Waals surface area contributed by atoms with Gasteiger partial charge in [-0.05, 0) is 37.4 Å². The van der Waals surface area contributed by atoms with Crippen LogP contribution >= 0.6 is 0 Å². The van der Waals surface area contributed by atoms with E-state index >= 15 is 0 Å². The highest BCUT2D eigenvalue weighted by molar-refractivity contribution is 6.00. The molecule has 0 aliphatic heterocycles. The third kappa shape index (κ3) is 5.46. The molecule has 0 atom stereocenters. The van der Waals surface area contributed by atoms with Crippen molar-refractivity contribution in [2.75, 3.05) is 31.9 Å². The van der Waals surface area contributed by atoms with Gasteiger partial charge in [0.1, 0.15) is 17.1 Å². The third-order valence-electron chi connectivity index (χ3n) is 4.18. The molecule has 0 saturated carbocycles. The Hall–Kier alpha value is -3.06. The summed E-state index contributed by atoms with van der Waals surface area (Å²) in [4.78, 5) is 27.0. The number of carbonyl (C=O) groups excluding carboxylic acids is 2. The minimum absolute atomic E-state index is 0.00724. The first-order valence-corrected chi connectivity index (χ1v) is 8.86. The van der Waals surface area contributed by atoms with Crippen molar-refractivity contribution in [3.8, 4) is 11.5 Å². The number of hydrogen-bond acceptors (Lipinski definition) is 6. The van der Waals surface area contributed by atoms with Crippen LogP contribution in [0.25, 0.3) is 0 Å². The molecule has 7 heteroatoms. The van der Waals surface area contributed by atoms with Gasteiger partial charge in [-0.15, -0.1) is 0 Å². The Morgan fingerprint density at radius 1 is 1.11 bits per heavy atom. The summed E-state index contributed by atoms with van der Waals surface area (Å²) < 4.78 is 5.33. The van der Waals surface area contributed by atoms with Crippen LogP contribution in [-0.4, -0.2) is 48.1 Å². The van der Waals surface area contributed by atoms with Gasteiger partial charge >= 0.3 is 5.97 Å². The number of rotatable bonds is 8. The average molecular weight is 371 g/mol. The molecule has 4 N–H and O–H groups in total. The van der Waals surface area contributed by atoms with E-state index in [1.54, 1.807) is 18.2 Å². The summed E-state index contributed by atoms with van der Waals surface area (Å²) in [5.74, 6) is -1.28. The number of hydrogen-bond donors (Lipinski definition) is 3. The number of nitrogen functional groups attached to an aromatic ring is 1. The van der Waals surface area contributed by atoms with Crippen LogP contribution in [-0.2, 0) is 0 Å². The van der Waals surface area contributed by atoms with Gasteiger partial charge < -0.3 is 25.8 Å². The Balaban J connectivity index is 2.13. The Kier molecular flexibility index (Phi) is 7.19. The Morgan fingerprint density at radius 2 is 1.81 bits per heavy atom. The Bertz CT molecular complexity index is 804. The summed E-state index contributed by atoms with van der Waals surface area (Å²) >= 11 is 0. The maximum absolute atomic E-state index is 12.5. The second kappa shape index (κ2) is 9.59. The van der Waals surface area contributed by atoms with E-state index in [9.17, 15) is 14.7 Å². The van der Waals surface area contributed by atoms with Crippen molar-refractivity contribution in [3.63, 3.8) is 0 Å². The van der Waals surface area contributed by atoms with Crippen molar-refractivity contribution < 1.29 is 19.4 Å². The number of phenols is 1. The van der Waals surface area contributed by atoms with E-state index in [2.05, 4.69) is 24.1 Å². The zero-order chi connectivity index (χ0) is 19.8. The van der Waals surface area contributed by atoms with Crippen molar-refractivity contribution in [2.24, 2.45) is 0 Å². The molecular formula is C20H25N3O4. The fourth-order valence-corrected chi connectivity index (χ4v) is 2.57. The van der Waals surface area contributed by atoms with Gasteiger partial charge in [0.05, 0.1) is 5.56 Å². The molecule has 0 bridgehead atoms. The molecule has 2 aromatic carbocycles. The van der Waals surface area contributed by atoms with Crippen molar-refractivity contribution in [3.05, 3.63) is 53.6 Å². The number of nitrogens with two attached hydrogens (primary N) is 1. The molecule has 144 valence electrons. The fourth-order valence-electron chi connectivity index (χ4n) is 2.57. The van der Waals surface area contributed by atoms with Crippen LogP contribution in [0.15, 0.2) is 42.5 Å². The molecule has 2 rings (SSSR count). The number of esters is 1. The predicted octanol–water partition coefficient (Wildman–Crippen LogP) is 2.27. The van der Waals surface area contributed by atoms with Gasteiger partial charge in [-0.3, -0.25) is 4.79 Å². The highest BCUT2D eigenvalue weighted by Crippen LogP contribution is 2.25. The predicted molar refractivity (Wildman–Crippen MR) is 104 cm³/mol. The molecule has 0 fully saturated rings. The Labute approximate surface area is 158 Å². The normalized spacial score (nSPS) is 10.6. The van der Waals surface area contributed by atoms with Crippen LogP contribution in [0.2, 0.25) is 0 Å². The van der Waals surface area contributed by atoms with Crippen LogP contribution < -0.4 is 15.8 Å². The van der Waals surface area contributed by atoms with E-state index in [1.165, 1.54) is 24.3 Å². The number of phenolic OH excluding ortho intramolecular Hbond substituents is 1. The van der Waals surface area contributed by atoms with Gasteiger partial charge in [-0.2, -0.15) is 0 Å². The van der Waals surface area contributed by atoms with Gasteiger partial charge in [-0.25, -0.2) is 4.79 Å². The van der Waals surface area contributed by atoms with Gasteiger partial charge in [0.25, 0.3) is 5.91 Å². The molecule has 0 heterocycles. The molecule has 0 aromatic heterocycles. The van der Waals surface area contributed by atoms with Crippen molar-refractivity contribution in [1.29, 1.82) is 0 Å². The largest absolute Gasteiger partial charge is 0.507 e. The van der Waals surface area contributed by atoms with Gasteiger partial charge in [0.15, 0.2) is 0 Å². The van der Waals surface area contributed by atoms with Crippen LogP contribution in [0.3, 0.4) is 0 Å². The van der Waals surface area contributed by atoms with Crippen LogP contribution in [0.4, 0.5) is 5.69 Å². The lowest BCUT2D eigenvalue weighted by molar-refractivity contribution is 0.0729. The summed E-state index contributed by atoms with van der Waals surface area (Å²) in [7, 11) is 0. The van der Waals surface area contributed by atoms with Crippen LogP contribution in [0, 0.1) is 0 Å². The highest BCUT2D eigenvalue weighted by atomic mass is 16.5. The molecule has 0 radical (unpaired) electrons. The number of likely N-dealkylation sites (N-methyl/N-ethyl adjacent to an activating group) is 1. The van der Waals surface area contributed by atoms with E-state index in [-0.39, 0.29) is 28.5 Å². The number of nitrogens with zero attached hydrogens (tertiary/aromatic N) is 1. The number of benzene rings is 2. The monoisotopic (exact) mass is 371 g/mol. The summed E-state index contributed by atoms with van der Waals surface area (Å²) in [5.41, 5.74) is 6.33. The number of nitrogens with one attached hydrogen (secondary N) is 1. The van der Waals surface area contributed by atoms with Crippen molar-refractivity contribution >= 4 is 17.6 Å². The smallest absolute Gasteiger partial charge is 0.347 e. The SMILES string of the molecule is CCN(CC)CCNC(=O)c1ccc(N)cc1OC(=O)c1ccccc1O. The number of amides is 1. The lowest BCUT2D eigenvalue weighted by atomic mass is 10.1. The van der Waals surface area contributed by atoms with Gasteiger partial charge in [0.2, 0.25) is 0 Å². The molecule has 0 saturated heterocycles. The molecule has 0 unspecified atom stereocenters. The summed E-state index contributed by atoms with van der Waals surface area (Å²) in [6, 6.07) is 10.5. The third-order valence-corrected chi connectivity index (χ3v) is 4.18. The lowest BCUT2D eigenvalue weighted by Crippen LogP contribution is -2.35. The summed E-state index contributed by atoms with van der Waals surface area (Å²) in [5, 5.41) is 12.6. The minimum atomic E-state index is -0.768. The zero-order valence-electron chi connectivity index (χ0n) is 15.6. The Morgan fingerprint density at radius 3 is 2.48 bits per heavy atom. The summed E-state index contributed by atoms with van der Waals surface area (Å²) in [6.45, 7) is 7.11. The van der Waals surface area contributed by atoms with E-state index in [0.717, 1.165) is 19.6 Å². The number of para-hydroxylation sites is 1. The van der Waals surface area contributed by atoms with Crippen molar-refractivity contribution in [2.45, 2.75) is 13.8 Å². The number of aromatic hydroxyl groups is 1. The number of ether oxygens (including phenoxy) is 1. The first kappa shape index (κ1) is 20.3. The van der Waals surface area contributed by atoms with Crippen molar-refractivity contribution in [1.82, 2.24) is 10.2 Å². The molecule has 2 aromatic rings. The topological polar surface area (TPSA) is 105 Å². The first-order chi connectivity index (χ1) is 13.0.